The van der Waals surface area contributed by atoms with Crippen LogP contribution >= 0.6 is 0 Å². The topological polar surface area (TPSA) is 54.0 Å². The molecular formula is C28H33N3O3. The lowest BCUT2D eigenvalue weighted by Gasteiger charge is -2.30. The number of anilines is 1. The first-order chi connectivity index (χ1) is 16.7. The lowest BCUT2D eigenvalue weighted by Crippen LogP contribution is -2.44. The number of hydrogen-bond donors (Lipinski definition) is 1. The van der Waals surface area contributed by atoms with Crippen LogP contribution in [0.1, 0.15) is 16.7 Å². The molecule has 6 nitrogen and oxygen atoms in total. The van der Waals surface area contributed by atoms with Gasteiger partial charge in [-0.25, -0.2) is 4.79 Å². The third kappa shape index (κ3) is 7.33. The predicted molar refractivity (Wildman–Crippen MR) is 135 cm³/mol. The average molecular weight is 460 g/mol. The van der Waals surface area contributed by atoms with Crippen LogP contribution in [0.25, 0.3) is 0 Å². The molecule has 0 atom stereocenters. The van der Waals surface area contributed by atoms with Crippen LogP contribution in [0.15, 0.2) is 78.9 Å². The molecule has 4 rings (SSSR count). The molecule has 0 spiro atoms. The van der Waals surface area contributed by atoms with Gasteiger partial charge in [0.2, 0.25) is 0 Å². The van der Waals surface area contributed by atoms with Crippen molar-refractivity contribution in [3.8, 4) is 5.75 Å². The summed E-state index contributed by atoms with van der Waals surface area (Å²) in [6, 6.07) is 25.9. The van der Waals surface area contributed by atoms with Crippen molar-refractivity contribution in [2.24, 2.45) is 0 Å². The summed E-state index contributed by atoms with van der Waals surface area (Å²) in [5, 5.41) is 3.05. The van der Waals surface area contributed by atoms with Crippen LogP contribution in [-0.4, -0.2) is 55.2 Å². The van der Waals surface area contributed by atoms with Crippen molar-refractivity contribution in [1.29, 1.82) is 0 Å². The van der Waals surface area contributed by atoms with Crippen molar-refractivity contribution < 1.29 is 14.3 Å². The molecule has 1 fully saturated rings. The van der Waals surface area contributed by atoms with Crippen LogP contribution in [0, 0.1) is 6.92 Å². The van der Waals surface area contributed by atoms with E-state index < -0.39 is 0 Å². The standard InChI is InChI=1S/C28H33N3O3/c1-23-10-12-26(13-11-23)29-28(32)31(15-14-30-16-18-33-19-17-30)21-25-8-5-9-27(20-25)34-22-24-6-3-2-4-7-24/h2-13,20H,14-19,21-22H2,1H3,(H,29,32). The Kier molecular flexibility index (Phi) is 8.54. The average Bonchev–Trinajstić information content (AvgIpc) is 2.88. The van der Waals surface area contributed by atoms with Gasteiger partial charge in [-0.2, -0.15) is 0 Å². The number of rotatable bonds is 9. The summed E-state index contributed by atoms with van der Waals surface area (Å²) >= 11 is 0. The highest BCUT2D eigenvalue weighted by Gasteiger charge is 2.18. The van der Waals surface area contributed by atoms with E-state index in [1.807, 2.05) is 90.7 Å². The van der Waals surface area contributed by atoms with Crippen molar-refractivity contribution in [3.63, 3.8) is 0 Å². The molecule has 2 amide bonds. The molecule has 0 radical (unpaired) electrons. The summed E-state index contributed by atoms with van der Waals surface area (Å²) in [6.45, 7) is 7.79. The normalized spacial score (nSPS) is 13.9. The Balaban J connectivity index is 1.41. The number of carbonyl (C=O) groups is 1. The Morgan fingerprint density at radius 2 is 1.71 bits per heavy atom. The molecule has 0 bridgehead atoms. The van der Waals surface area contributed by atoms with Crippen molar-refractivity contribution >= 4 is 11.7 Å². The van der Waals surface area contributed by atoms with E-state index in [0.29, 0.717) is 19.7 Å². The molecule has 1 heterocycles. The quantitative estimate of drug-likeness (QED) is 0.492. The number of nitrogens with zero attached hydrogens (tertiary/aromatic N) is 2. The molecule has 1 aliphatic heterocycles. The summed E-state index contributed by atoms with van der Waals surface area (Å²) < 4.78 is 11.5. The Morgan fingerprint density at radius 1 is 0.971 bits per heavy atom. The Morgan fingerprint density at radius 3 is 2.47 bits per heavy atom. The van der Waals surface area contributed by atoms with Crippen molar-refractivity contribution in [2.45, 2.75) is 20.1 Å². The molecule has 1 aliphatic rings. The Hall–Kier alpha value is -3.35. The first-order valence-electron chi connectivity index (χ1n) is 11.8. The number of ether oxygens (including phenoxy) is 2. The zero-order valence-electron chi connectivity index (χ0n) is 19.8. The summed E-state index contributed by atoms with van der Waals surface area (Å²) in [4.78, 5) is 17.4. The van der Waals surface area contributed by atoms with E-state index in [9.17, 15) is 4.79 Å². The molecule has 1 saturated heterocycles. The second-order valence-electron chi connectivity index (χ2n) is 8.59. The maximum atomic E-state index is 13.2. The van der Waals surface area contributed by atoms with E-state index in [-0.39, 0.29) is 6.03 Å². The van der Waals surface area contributed by atoms with Gasteiger partial charge < -0.3 is 19.7 Å². The van der Waals surface area contributed by atoms with Crippen LogP contribution in [0.5, 0.6) is 5.75 Å². The number of urea groups is 1. The second-order valence-corrected chi connectivity index (χ2v) is 8.59. The molecular weight excluding hydrogens is 426 g/mol. The van der Waals surface area contributed by atoms with Crippen molar-refractivity contribution in [2.75, 3.05) is 44.7 Å². The number of carbonyl (C=O) groups excluding carboxylic acids is 1. The fraction of sp³-hybridized carbons (Fsp3) is 0.321. The Bertz CT molecular complexity index is 1030. The second kappa shape index (κ2) is 12.2. The number of aryl methyl sites for hydroxylation is 1. The molecule has 0 aromatic heterocycles. The fourth-order valence-corrected chi connectivity index (χ4v) is 3.87. The first-order valence-corrected chi connectivity index (χ1v) is 11.8. The molecule has 1 N–H and O–H groups in total. The largest absolute Gasteiger partial charge is 0.489 e. The number of amides is 2. The molecule has 3 aromatic carbocycles. The maximum Gasteiger partial charge on any atom is 0.322 e. The third-order valence-electron chi connectivity index (χ3n) is 5.90. The lowest BCUT2D eigenvalue weighted by molar-refractivity contribution is 0.0349. The molecule has 3 aromatic rings. The maximum absolute atomic E-state index is 13.2. The van der Waals surface area contributed by atoms with E-state index in [4.69, 9.17) is 9.47 Å². The van der Waals surface area contributed by atoms with E-state index in [2.05, 4.69) is 10.2 Å². The highest BCUT2D eigenvalue weighted by Crippen LogP contribution is 2.18. The van der Waals surface area contributed by atoms with Crippen LogP contribution in [-0.2, 0) is 17.9 Å². The third-order valence-corrected chi connectivity index (χ3v) is 5.90. The van der Waals surface area contributed by atoms with E-state index >= 15 is 0 Å². The smallest absolute Gasteiger partial charge is 0.322 e. The number of nitrogens with one attached hydrogen (secondary N) is 1. The van der Waals surface area contributed by atoms with Crippen LogP contribution in [0.3, 0.4) is 0 Å². The summed E-state index contributed by atoms with van der Waals surface area (Å²) in [6.07, 6.45) is 0. The predicted octanol–water partition coefficient (Wildman–Crippen LogP) is 4.94. The highest BCUT2D eigenvalue weighted by atomic mass is 16.5. The molecule has 6 heteroatoms. The zero-order chi connectivity index (χ0) is 23.6. The minimum atomic E-state index is -0.104. The van der Waals surface area contributed by atoms with Gasteiger partial charge in [-0.1, -0.05) is 60.2 Å². The lowest BCUT2D eigenvalue weighted by atomic mass is 10.2. The number of hydrogen-bond acceptors (Lipinski definition) is 4. The van der Waals surface area contributed by atoms with Gasteiger partial charge in [0.05, 0.1) is 13.2 Å². The number of benzene rings is 3. The van der Waals surface area contributed by atoms with Gasteiger partial charge in [0.25, 0.3) is 0 Å². The summed E-state index contributed by atoms with van der Waals surface area (Å²) in [5.41, 5.74) is 4.12. The zero-order valence-corrected chi connectivity index (χ0v) is 19.8. The van der Waals surface area contributed by atoms with Crippen LogP contribution in [0.4, 0.5) is 10.5 Å². The fourth-order valence-electron chi connectivity index (χ4n) is 3.87. The van der Waals surface area contributed by atoms with E-state index in [1.165, 1.54) is 0 Å². The molecule has 0 saturated carbocycles. The van der Waals surface area contributed by atoms with Gasteiger partial charge in [-0.05, 0) is 42.3 Å². The summed E-state index contributed by atoms with van der Waals surface area (Å²) in [7, 11) is 0. The molecule has 178 valence electrons. The van der Waals surface area contributed by atoms with Gasteiger partial charge in [-0.15, -0.1) is 0 Å². The monoisotopic (exact) mass is 459 g/mol. The van der Waals surface area contributed by atoms with Crippen molar-refractivity contribution in [1.82, 2.24) is 9.80 Å². The number of morpholine rings is 1. The van der Waals surface area contributed by atoms with Crippen LogP contribution in [0.2, 0.25) is 0 Å². The first kappa shape index (κ1) is 23.8. The highest BCUT2D eigenvalue weighted by molar-refractivity contribution is 5.89. The van der Waals surface area contributed by atoms with Gasteiger partial charge in [0.15, 0.2) is 0 Å². The van der Waals surface area contributed by atoms with Gasteiger partial charge >= 0.3 is 6.03 Å². The van der Waals surface area contributed by atoms with Gasteiger partial charge in [-0.3, -0.25) is 4.90 Å². The van der Waals surface area contributed by atoms with E-state index in [1.54, 1.807) is 0 Å². The van der Waals surface area contributed by atoms with Crippen LogP contribution < -0.4 is 10.1 Å². The minimum Gasteiger partial charge on any atom is -0.489 e. The van der Waals surface area contributed by atoms with Gasteiger partial charge in [0.1, 0.15) is 12.4 Å². The minimum absolute atomic E-state index is 0.104. The van der Waals surface area contributed by atoms with E-state index in [0.717, 1.165) is 61.0 Å². The van der Waals surface area contributed by atoms with Gasteiger partial charge in [0, 0.05) is 38.4 Å². The summed E-state index contributed by atoms with van der Waals surface area (Å²) in [5.74, 6) is 0.799. The molecule has 0 aliphatic carbocycles. The molecule has 34 heavy (non-hydrogen) atoms. The van der Waals surface area contributed by atoms with Crippen molar-refractivity contribution in [3.05, 3.63) is 95.6 Å². The Labute approximate surface area is 202 Å². The SMILES string of the molecule is Cc1ccc(NC(=O)N(CCN2CCOCC2)Cc2cccc(OCc3ccccc3)c2)cc1. The molecule has 0 unspecified atom stereocenters.